The van der Waals surface area contributed by atoms with Crippen LogP contribution in [0.5, 0.6) is 23.0 Å². The number of nitrogens with zero attached hydrogens (tertiary/aromatic N) is 2. The van der Waals surface area contributed by atoms with Gasteiger partial charge in [-0.3, -0.25) is 10.3 Å². The van der Waals surface area contributed by atoms with E-state index in [1.165, 1.54) is 36.5 Å². The van der Waals surface area contributed by atoms with Gasteiger partial charge in [-0.1, -0.05) is 16.8 Å². The van der Waals surface area contributed by atoms with E-state index in [4.69, 9.17) is 38.6 Å². The third-order valence-electron chi connectivity index (χ3n) is 4.27. The second-order valence-electron chi connectivity index (χ2n) is 6.47. The molecule has 0 atom stereocenters. The van der Waals surface area contributed by atoms with Crippen LogP contribution in [0.15, 0.2) is 53.2 Å². The van der Waals surface area contributed by atoms with Crippen LogP contribution in [0, 0.1) is 6.92 Å². The maximum Gasteiger partial charge on any atom is 0.324 e. The van der Waals surface area contributed by atoms with Crippen LogP contribution < -0.4 is 24.8 Å². The first kappa shape index (κ1) is 14.9. The number of carbonyl (C=O) groups is 1. The van der Waals surface area contributed by atoms with Crippen LogP contribution in [0.4, 0.5) is 16.3 Å². The normalized spacial score (nSPS) is 14.2. The van der Waals surface area contributed by atoms with Gasteiger partial charge in [-0.2, -0.15) is 0 Å². The minimum absolute atomic E-state index is 0.159. The van der Waals surface area contributed by atoms with Crippen LogP contribution >= 0.6 is 11.6 Å². The highest BCUT2D eigenvalue weighted by atomic mass is 35.5. The molecule has 2 aromatic carbocycles. The Balaban J connectivity index is 1.59. The highest BCUT2D eigenvalue weighted by molar-refractivity contribution is 6.34. The summed E-state index contributed by atoms with van der Waals surface area (Å²) in [5, 5.41) is 9.23. The maximum absolute atomic E-state index is 12.2. The van der Waals surface area contributed by atoms with E-state index in [1.807, 2.05) is 0 Å². The molecule has 32 heavy (non-hydrogen) atoms. The smallest absolute Gasteiger partial charge is 0.324 e. The second kappa shape index (κ2) is 9.03. The number of hydrogen-bond donors (Lipinski definition) is 2. The van der Waals surface area contributed by atoms with E-state index in [0.717, 1.165) is 0 Å². The lowest BCUT2D eigenvalue weighted by Gasteiger charge is -2.13. The van der Waals surface area contributed by atoms with Crippen LogP contribution in [-0.2, 0) is 0 Å². The van der Waals surface area contributed by atoms with Crippen molar-refractivity contribution in [1.29, 1.82) is 0 Å². The maximum atomic E-state index is 12.2. The average molecular weight is 461 g/mol. The molecule has 0 aliphatic rings. The molecule has 164 valence electrons. The number of aromatic nitrogens is 2. The summed E-state index contributed by atoms with van der Waals surface area (Å²) in [6, 6.07) is 9.48. The van der Waals surface area contributed by atoms with Crippen molar-refractivity contribution in [3.63, 3.8) is 0 Å². The summed E-state index contributed by atoms with van der Waals surface area (Å²) < 4.78 is 65.0. The van der Waals surface area contributed by atoms with Crippen molar-refractivity contribution in [2.75, 3.05) is 24.7 Å². The Hall–Kier alpha value is -3.98. The Morgan fingerprint density at radius 3 is 2.59 bits per heavy atom. The van der Waals surface area contributed by atoms with Crippen LogP contribution in [0.25, 0.3) is 10.9 Å². The first-order chi connectivity index (χ1) is 17.8. The average Bonchev–Trinajstić information content (AvgIpc) is 3.19. The molecule has 0 saturated heterocycles. The lowest BCUT2D eigenvalue weighted by Crippen LogP contribution is -2.19. The number of rotatable bonds is 6. The molecule has 9 nitrogen and oxygen atoms in total. The summed E-state index contributed by atoms with van der Waals surface area (Å²) in [5.41, 5.74) is 0.542. The first-order valence-electron chi connectivity index (χ1n) is 12.1. The highest BCUT2D eigenvalue weighted by Crippen LogP contribution is 2.37. The zero-order valence-corrected chi connectivity index (χ0v) is 17.2. The van der Waals surface area contributed by atoms with Crippen molar-refractivity contribution < 1.29 is 31.8 Å². The Labute approximate surface area is 196 Å². The molecule has 0 fully saturated rings. The first-order valence-corrected chi connectivity index (χ1v) is 9.43. The molecule has 0 radical (unpaired) electrons. The number of methoxy groups -OCH3 is 2. The molecule has 10 heteroatoms. The summed E-state index contributed by atoms with van der Waals surface area (Å²) in [5.74, 6) is 0.619. The van der Waals surface area contributed by atoms with Gasteiger partial charge in [-0.15, -0.1) is 0 Å². The van der Waals surface area contributed by atoms with Crippen molar-refractivity contribution in [3.8, 4) is 23.0 Å². The van der Waals surface area contributed by atoms with Gasteiger partial charge in [-0.05, 0) is 31.2 Å². The Morgan fingerprint density at radius 1 is 1.06 bits per heavy atom. The molecule has 2 heterocycles. The number of urea groups is 1. The van der Waals surface area contributed by atoms with E-state index in [0.29, 0.717) is 11.1 Å². The number of fused-ring (bicyclic) bond motifs is 1. The fraction of sp³-hybridized carbons (Fsp3) is 0.136. The molecule has 0 unspecified atom stereocenters. The third kappa shape index (κ3) is 4.52. The van der Waals surface area contributed by atoms with Crippen molar-refractivity contribution in [2.45, 2.75) is 6.92 Å². The van der Waals surface area contributed by atoms with Gasteiger partial charge in [0.15, 0.2) is 17.3 Å². The van der Waals surface area contributed by atoms with Gasteiger partial charge < -0.3 is 24.1 Å². The van der Waals surface area contributed by atoms with Gasteiger partial charge >= 0.3 is 6.03 Å². The SMILES string of the molecule is [2H]C([2H])([2H])Oc1cc2nccc(Oc3ccc(NC(=O)Nc4cc(C)on4)c(Cl)c3)c2cc1OC([2H])([2H])[2H]. The molecule has 0 aliphatic heterocycles. The van der Waals surface area contributed by atoms with E-state index in [2.05, 4.69) is 20.8 Å². The second-order valence-corrected chi connectivity index (χ2v) is 6.88. The molecule has 2 aromatic heterocycles. The number of carbonyl (C=O) groups excluding carboxylic acids is 1. The minimum atomic E-state index is -2.88. The Kier molecular flexibility index (Phi) is 4.21. The lowest BCUT2D eigenvalue weighted by molar-refractivity contribution is 0.262. The molecule has 0 bridgehead atoms. The van der Waals surface area contributed by atoms with Crippen molar-refractivity contribution in [1.82, 2.24) is 10.1 Å². The van der Waals surface area contributed by atoms with Crippen LogP contribution in [0.3, 0.4) is 0 Å². The molecule has 0 saturated carbocycles. The molecule has 2 N–H and O–H groups in total. The number of halogens is 1. The predicted molar refractivity (Wildman–Crippen MR) is 120 cm³/mol. The summed E-state index contributed by atoms with van der Waals surface area (Å²) in [7, 11) is -5.73. The molecule has 4 aromatic rings. The van der Waals surface area contributed by atoms with Crippen molar-refractivity contribution >= 4 is 40.0 Å². The van der Waals surface area contributed by atoms with E-state index in [1.54, 1.807) is 19.1 Å². The van der Waals surface area contributed by atoms with Crippen LogP contribution in [-0.4, -0.2) is 30.2 Å². The predicted octanol–water partition coefficient (Wildman–Crippen LogP) is 5.64. The van der Waals surface area contributed by atoms with Gasteiger partial charge in [0.05, 0.1) is 38.5 Å². The van der Waals surface area contributed by atoms with E-state index in [-0.39, 0.29) is 45.0 Å². The molecule has 2 amide bonds. The Bertz CT molecular complexity index is 1490. The highest BCUT2D eigenvalue weighted by Gasteiger charge is 2.13. The number of ether oxygens (including phenoxy) is 3. The number of amides is 2. The molecule has 0 aliphatic carbocycles. The fourth-order valence-corrected chi connectivity index (χ4v) is 3.08. The molecule has 4 rings (SSSR count). The summed E-state index contributed by atoms with van der Waals surface area (Å²) in [4.78, 5) is 16.4. The van der Waals surface area contributed by atoms with Gasteiger partial charge in [0, 0.05) is 29.8 Å². The van der Waals surface area contributed by atoms with Gasteiger partial charge in [0.25, 0.3) is 0 Å². The lowest BCUT2D eigenvalue weighted by atomic mass is 10.2. The quantitative estimate of drug-likeness (QED) is 0.383. The van der Waals surface area contributed by atoms with Crippen LogP contribution in [0.2, 0.25) is 5.02 Å². The van der Waals surface area contributed by atoms with Crippen molar-refractivity contribution in [2.24, 2.45) is 0 Å². The largest absolute Gasteiger partial charge is 0.493 e. The molecular formula is C22H19ClN4O5. The zero-order valence-electron chi connectivity index (χ0n) is 22.4. The monoisotopic (exact) mass is 460 g/mol. The number of aryl methyl sites for hydroxylation is 1. The topological polar surface area (TPSA) is 108 Å². The number of anilines is 2. The van der Waals surface area contributed by atoms with E-state index >= 15 is 0 Å². The van der Waals surface area contributed by atoms with Gasteiger partial charge in [0.2, 0.25) is 0 Å². The van der Waals surface area contributed by atoms with Gasteiger partial charge in [0.1, 0.15) is 17.3 Å². The van der Waals surface area contributed by atoms with E-state index in [9.17, 15) is 4.79 Å². The number of nitrogens with one attached hydrogen (secondary N) is 2. The molecular weight excluding hydrogens is 436 g/mol. The number of benzene rings is 2. The summed E-state index contributed by atoms with van der Waals surface area (Å²) in [6.07, 6.45) is 1.41. The summed E-state index contributed by atoms with van der Waals surface area (Å²) in [6.45, 7) is 1.68. The standard InChI is InChI=1S/C22H19ClN4O5/c1-12-8-21(27-32-12)26-22(28)25-16-5-4-13(9-15(16)23)31-18-6-7-24-17-11-20(30-3)19(29-2)10-14(17)18/h4-11H,1-3H3,(H2,25,26,27,28)/i2D3,3D3. The molecule has 0 spiro atoms. The number of pyridine rings is 1. The van der Waals surface area contributed by atoms with Crippen molar-refractivity contribution in [3.05, 3.63) is 59.4 Å². The minimum Gasteiger partial charge on any atom is -0.493 e. The fourth-order valence-electron chi connectivity index (χ4n) is 2.86. The number of hydrogen-bond acceptors (Lipinski definition) is 7. The Morgan fingerprint density at radius 2 is 1.88 bits per heavy atom. The van der Waals surface area contributed by atoms with E-state index < -0.39 is 20.1 Å². The summed E-state index contributed by atoms with van der Waals surface area (Å²) >= 11 is 6.32. The van der Waals surface area contributed by atoms with Gasteiger partial charge in [-0.25, -0.2) is 4.79 Å². The van der Waals surface area contributed by atoms with Crippen LogP contribution in [0.1, 0.15) is 14.0 Å². The third-order valence-corrected chi connectivity index (χ3v) is 4.59. The zero-order chi connectivity index (χ0) is 27.7.